The van der Waals surface area contributed by atoms with Crippen LogP contribution in [0.4, 0.5) is 0 Å². The molecule has 0 spiro atoms. The van der Waals surface area contributed by atoms with Gasteiger partial charge in [-0.2, -0.15) is 0 Å². The molecule has 3 nitrogen and oxygen atoms in total. The molecule has 0 amide bonds. The van der Waals surface area contributed by atoms with Crippen LogP contribution in [0.25, 0.3) is 0 Å². The Balaban J connectivity index is 3.46. The Bertz CT molecular complexity index is 86.6. The Kier molecular flexibility index (Phi) is 4.38. The molecule has 0 rings (SSSR count). The highest BCUT2D eigenvalue weighted by Crippen LogP contribution is 2.26. The Morgan fingerprint density at radius 3 is 2.62 bits per heavy atom. The van der Waals surface area contributed by atoms with Crippen molar-refractivity contribution in [2.24, 2.45) is 0 Å². The zero-order valence-corrected chi connectivity index (χ0v) is 6.02. The summed E-state index contributed by atoms with van der Waals surface area (Å²) in [6.07, 6.45) is 0. The molecule has 0 fully saturated rings. The van der Waals surface area contributed by atoms with Gasteiger partial charge >= 0.3 is 8.03 Å². The van der Waals surface area contributed by atoms with Crippen molar-refractivity contribution >= 4 is 19.6 Å². The van der Waals surface area contributed by atoms with Crippen molar-refractivity contribution in [2.75, 3.05) is 13.0 Å². The predicted octanol–water partition coefficient (Wildman–Crippen LogP) is 0.932. The van der Waals surface area contributed by atoms with E-state index in [1.54, 1.807) is 0 Å². The molecule has 0 radical (unpaired) electrons. The van der Waals surface area contributed by atoms with Gasteiger partial charge in [0, 0.05) is 0 Å². The number of hydrogen-bond donors (Lipinski definition) is 1. The van der Waals surface area contributed by atoms with E-state index in [-0.39, 0.29) is 5.88 Å². The maximum absolute atomic E-state index is 10.3. The van der Waals surface area contributed by atoms with Gasteiger partial charge in [0.05, 0.1) is 13.0 Å². The number of rotatable bonds is 3. The lowest BCUT2D eigenvalue weighted by Gasteiger charge is -1.86. The van der Waals surface area contributed by atoms with Crippen molar-refractivity contribution in [1.29, 1.82) is 0 Å². The second-order valence-corrected chi connectivity index (χ2v) is 2.94. The molecular weight excluding hydrogens is 150 g/mol. The first kappa shape index (κ1) is 8.31. The zero-order chi connectivity index (χ0) is 6.57. The molecule has 0 aromatic carbocycles. The van der Waals surface area contributed by atoms with Gasteiger partial charge < -0.3 is 5.11 Å². The van der Waals surface area contributed by atoms with Crippen LogP contribution in [0.3, 0.4) is 0 Å². The van der Waals surface area contributed by atoms with Gasteiger partial charge in [-0.1, -0.05) is 0 Å². The molecule has 0 aliphatic carbocycles. The molecule has 48 valence electrons. The Labute approximate surface area is 53.5 Å². The highest BCUT2D eigenvalue weighted by Gasteiger charge is 2.27. The van der Waals surface area contributed by atoms with Crippen LogP contribution in [0, 0.1) is 0 Å². The van der Waals surface area contributed by atoms with E-state index in [2.05, 4.69) is 4.52 Å². The number of hydrogen-bond acceptors (Lipinski definition) is 3. The van der Waals surface area contributed by atoms with E-state index in [9.17, 15) is 4.57 Å². The van der Waals surface area contributed by atoms with Crippen molar-refractivity contribution in [3.8, 4) is 0 Å². The van der Waals surface area contributed by atoms with Crippen molar-refractivity contribution in [3.05, 3.63) is 0 Å². The molecule has 0 saturated carbocycles. The van der Waals surface area contributed by atoms with Gasteiger partial charge in [0.15, 0.2) is 0 Å². The first-order chi connectivity index (χ1) is 3.72. The fourth-order valence-corrected chi connectivity index (χ4v) is 0.872. The molecule has 0 bridgehead atoms. The highest BCUT2D eigenvalue weighted by atomic mass is 35.5. The summed E-state index contributed by atoms with van der Waals surface area (Å²) in [4.78, 5) is 0. The van der Waals surface area contributed by atoms with Crippen molar-refractivity contribution in [1.82, 2.24) is 0 Å². The van der Waals surface area contributed by atoms with Crippen molar-refractivity contribution < 1.29 is 14.2 Å². The fraction of sp³-hybridized carbons (Fsp3) is 1.00. The van der Waals surface area contributed by atoms with Gasteiger partial charge in [0.2, 0.25) is 0 Å². The Morgan fingerprint density at radius 2 is 2.50 bits per heavy atom. The topological polar surface area (TPSA) is 46.5 Å². The van der Waals surface area contributed by atoms with Gasteiger partial charge in [0.1, 0.15) is 0 Å². The van der Waals surface area contributed by atoms with Crippen LogP contribution in [-0.2, 0) is 9.09 Å². The molecule has 0 saturated heterocycles. The Hall–Kier alpha value is 0.310. The fourth-order valence-electron chi connectivity index (χ4n) is 0.178. The molecule has 2 unspecified atom stereocenters. The van der Waals surface area contributed by atoms with Gasteiger partial charge in [-0.15, -0.1) is 16.1 Å². The average Bonchev–Trinajstić information content (AvgIpc) is 1.84. The largest absolute Gasteiger partial charge is 0.541 e. The first-order valence-electron chi connectivity index (χ1n) is 1.97. The molecule has 0 aliphatic rings. The molecule has 5 heteroatoms. The first-order valence-corrected chi connectivity index (χ1v) is 3.75. The van der Waals surface area contributed by atoms with E-state index in [4.69, 9.17) is 16.7 Å². The minimum atomic E-state index is -1.97. The summed E-state index contributed by atoms with van der Waals surface area (Å²) in [5.41, 5.74) is 0. The lowest BCUT2D eigenvalue weighted by Crippen LogP contribution is -2.01. The third-order valence-electron chi connectivity index (χ3n) is 0.561. The van der Waals surface area contributed by atoms with E-state index >= 15 is 0 Å². The lowest BCUT2D eigenvalue weighted by molar-refractivity contribution is 0.250. The number of aliphatic hydroxyl groups excluding tert-OH is 1. The van der Waals surface area contributed by atoms with Gasteiger partial charge in [-0.25, -0.2) is 0 Å². The van der Waals surface area contributed by atoms with Crippen LogP contribution < -0.4 is 0 Å². The second kappa shape index (κ2) is 4.21. The van der Waals surface area contributed by atoms with Crippen LogP contribution >= 0.6 is 19.6 Å². The Morgan fingerprint density at radius 1 is 2.00 bits per heavy atom. The smallest absolute Gasteiger partial charge is 0.348 e. The minimum absolute atomic E-state index is 0.0525. The third kappa shape index (κ3) is 2.58. The van der Waals surface area contributed by atoms with E-state index in [0.29, 0.717) is 0 Å². The molecule has 1 N–H and O–H groups in total. The van der Waals surface area contributed by atoms with E-state index in [1.807, 2.05) is 0 Å². The number of alkyl halides is 1. The summed E-state index contributed by atoms with van der Waals surface area (Å²) >= 11 is 5.11. The molecule has 0 aromatic rings. The van der Waals surface area contributed by atoms with Gasteiger partial charge in [0.25, 0.3) is 5.85 Å². The van der Waals surface area contributed by atoms with Gasteiger partial charge in [-0.3, -0.25) is 0 Å². The summed E-state index contributed by atoms with van der Waals surface area (Å²) in [6.45, 7) is 0. The number of aliphatic hydroxyl groups is 1. The highest BCUT2D eigenvalue weighted by molar-refractivity contribution is 7.39. The molecular formula is C3H7ClO3P+. The molecule has 2 atom stereocenters. The second-order valence-electron chi connectivity index (χ2n) is 1.10. The van der Waals surface area contributed by atoms with Crippen LogP contribution in [0.2, 0.25) is 0 Å². The standard InChI is InChI=1S/C3H7ClO3P/c1-7-8(6)3(5)2-4/h3,5H,2H2,1H3/q+1. The maximum atomic E-state index is 10.3. The lowest BCUT2D eigenvalue weighted by atomic mass is 10.9. The number of halogens is 1. The summed E-state index contributed by atoms with van der Waals surface area (Å²) in [5.74, 6) is -1.08. The van der Waals surface area contributed by atoms with Gasteiger partial charge in [-0.05, 0) is 4.57 Å². The minimum Gasteiger partial charge on any atom is -0.348 e. The monoisotopic (exact) mass is 157 g/mol. The SMILES string of the molecule is CO[P+](=O)C(O)CCl. The quantitative estimate of drug-likeness (QED) is 0.490. The summed E-state index contributed by atoms with van der Waals surface area (Å²) < 4.78 is 14.6. The summed E-state index contributed by atoms with van der Waals surface area (Å²) in [6, 6.07) is 0. The third-order valence-corrected chi connectivity index (χ3v) is 2.10. The summed E-state index contributed by atoms with van der Waals surface area (Å²) in [5, 5.41) is 8.59. The van der Waals surface area contributed by atoms with E-state index < -0.39 is 13.9 Å². The van der Waals surface area contributed by atoms with Crippen LogP contribution in [0.1, 0.15) is 0 Å². The van der Waals surface area contributed by atoms with Crippen LogP contribution in [0.15, 0.2) is 0 Å². The van der Waals surface area contributed by atoms with E-state index in [0.717, 1.165) is 0 Å². The van der Waals surface area contributed by atoms with Crippen molar-refractivity contribution in [3.63, 3.8) is 0 Å². The molecule has 0 heterocycles. The predicted molar refractivity (Wildman–Crippen MR) is 31.3 cm³/mol. The molecule has 0 aliphatic heterocycles. The van der Waals surface area contributed by atoms with E-state index in [1.165, 1.54) is 7.11 Å². The van der Waals surface area contributed by atoms with Crippen LogP contribution in [0.5, 0.6) is 0 Å². The average molecular weight is 158 g/mol. The summed E-state index contributed by atoms with van der Waals surface area (Å²) in [7, 11) is -0.708. The van der Waals surface area contributed by atoms with Crippen LogP contribution in [-0.4, -0.2) is 23.9 Å². The zero-order valence-electron chi connectivity index (χ0n) is 4.37. The molecule has 8 heavy (non-hydrogen) atoms. The normalized spacial score (nSPS) is 15.6. The van der Waals surface area contributed by atoms with Crippen molar-refractivity contribution in [2.45, 2.75) is 5.85 Å². The molecule has 0 aromatic heterocycles. The maximum Gasteiger partial charge on any atom is 0.541 e.